The second-order valence-electron chi connectivity index (χ2n) is 5.73. The Morgan fingerprint density at radius 2 is 2.00 bits per heavy atom. The third-order valence-corrected chi connectivity index (χ3v) is 4.80. The molecule has 0 bridgehead atoms. The number of nitrogens with zero attached hydrogens (tertiary/aromatic N) is 3. The van der Waals surface area contributed by atoms with Crippen molar-refractivity contribution in [2.45, 2.75) is 13.5 Å². The van der Waals surface area contributed by atoms with Crippen LogP contribution < -0.4 is 5.32 Å². The first-order valence-corrected chi connectivity index (χ1v) is 8.82. The van der Waals surface area contributed by atoms with Gasteiger partial charge in [0, 0.05) is 18.3 Å². The molecule has 0 atom stereocenters. The van der Waals surface area contributed by atoms with E-state index < -0.39 is 0 Å². The molecule has 1 amide bonds. The number of aryl methyl sites for hydroxylation is 1. The first-order valence-electron chi connectivity index (χ1n) is 7.94. The van der Waals surface area contributed by atoms with E-state index >= 15 is 0 Å². The van der Waals surface area contributed by atoms with Crippen molar-refractivity contribution >= 4 is 22.9 Å². The average molecular weight is 348 g/mol. The summed E-state index contributed by atoms with van der Waals surface area (Å²) in [5.41, 5.74) is 3.87. The van der Waals surface area contributed by atoms with E-state index in [2.05, 4.69) is 15.4 Å². The van der Waals surface area contributed by atoms with Crippen molar-refractivity contribution in [2.24, 2.45) is 0 Å². The predicted molar refractivity (Wildman–Crippen MR) is 98.6 cm³/mol. The zero-order valence-corrected chi connectivity index (χ0v) is 14.5. The Hall–Kier alpha value is -2.99. The summed E-state index contributed by atoms with van der Waals surface area (Å²) in [5.74, 6) is -0.187. The molecule has 6 heteroatoms. The molecule has 1 N–H and O–H groups in total. The SMILES string of the molecule is Cc1cc(C(=O)NCc2ccccc2)nc2cc(-c3cccs3)nn12. The highest BCUT2D eigenvalue weighted by Gasteiger charge is 2.13. The maximum absolute atomic E-state index is 12.4. The van der Waals surface area contributed by atoms with E-state index in [1.54, 1.807) is 21.9 Å². The average Bonchev–Trinajstić information content (AvgIpc) is 3.29. The summed E-state index contributed by atoms with van der Waals surface area (Å²) in [6.07, 6.45) is 0. The summed E-state index contributed by atoms with van der Waals surface area (Å²) in [4.78, 5) is 18.0. The van der Waals surface area contributed by atoms with Gasteiger partial charge in [-0.25, -0.2) is 9.50 Å². The van der Waals surface area contributed by atoms with Crippen molar-refractivity contribution in [1.82, 2.24) is 19.9 Å². The van der Waals surface area contributed by atoms with Gasteiger partial charge in [0.1, 0.15) is 11.4 Å². The minimum Gasteiger partial charge on any atom is -0.347 e. The largest absolute Gasteiger partial charge is 0.347 e. The first kappa shape index (κ1) is 15.5. The van der Waals surface area contributed by atoms with Crippen LogP contribution in [-0.4, -0.2) is 20.5 Å². The van der Waals surface area contributed by atoms with Crippen LogP contribution in [0.25, 0.3) is 16.2 Å². The van der Waals surface area contributed by atoms with Gasteiger partial charge >= 0.3 is 0 Å². The fourth-order valence-electron chi connectivity index (χ4n) is 2.65. The normalized spacial score (nSPS) is 10.9. The summed E-state index contributed by atoms with van der Waals surface area (Å²) in [6, 6.07) is 17.5. The highest BCUT2D eigenvalue weighted by molar-refractivity contribution is 7.13. The molecule has 0 saturated carbocycles. The number of fused-ring (bicyclic) bond motifs is 1. The summed E-state index contributed by atoms with van der Waals surface area (Å²) in [6.45, 7) is 2.40. The summed E-state index contributed by atoms with van der Waals surface area (Å²) >= 11 is 1.63. The monoisotopic (exact) mass is 348 g/mol. The number of aromatic nitrogens is 3. The number of benzene rings is 1. The second-order valence-corrected chi connectivity index (χ2v) is 6.68. The lowest BCUT2D eigenvalue weighted by Crippen LogP contribution is -2.24. The smallest absolute Gasteiger partial charge is 0.270 e. The molecule has 4 aromatic rings. The fraction of sp³-hybridized carbons (Fsp3) is 0.105. The minimum absolute atomic E-state index is 0.187. The van der Waals surface area contributed by atoms with Gasteiger partial charge in [-0.15, -0.1) is 11.3 Å². The standard InChI is InChI=1S/C19H16N4OS/c1-13-10-16(19(24)20-12-14-6-3-2-4-7-14)21-18-11-15(22-23(13)18)17-8-5-9-25-17/h2-11H,12H2,1H3,(H,20,24). The van der Waals surface area contributed by atoms with E-state index in [0.717, 1.165) is 21.8 Å². The summed E-state index contributed by atoms with van der Waals surface area (Å²) in [7, 11) is 0. The van der Waals surface area contributed by atoms with E-state index in [9.17, 15) is 4.79 Å². The number of hydrogen-bond donors (Lipinski definition) is 1. The van der Waals surface area contributed by atoms with E-state index in [0.29, 0.717) is 17.9 Å². The maximum Gasteiger partial charge on any atom is 0.270 e. The van der Waals surface area contributed by atoms with E-state index in [4.69, 9.17) is 0 Å². The van der Waals surface area contributed by atoms with E-state index in [1.807, 2.05) is 60.8 Å². The number of thiophene rings is 1. The van der Waals surface area contributed by atoms with Crippen LogP contribution >= 0.6 is 11.3 Å². The highest BCUT2D eigenvalue weighted by Crippen LogP contribution is 2.24. The Morgan fingerprint density at radius 1 is 1.16 bits per heavy atom. The Kier molecular flexibility index (Phi) is 4.03. The molecule has 0 spiro atoms. The van der Waals surface area contributed by atoms with Crippen LogP contribution in [0.15, 0.2) is 60.0 Å². The van der Waals surface area contributed by atoms with Crippen molar-refractivity contribution in [3.63, 3.8) is 0 Å². The van der Waals surface area contributed by atoms with Gasteiger partial charge in [0.2, 0.25) is 0 Å². The molecule has 1 aromatic carbocycles. The van der Waals surface area contributed by atoms with Crippen LogP contribution in [0.5, 0.6) is 0 Å². The van der Waals surface area contributed by atoms with Crippen molar-refractivity contribution < 1.29 is 4.79 Å². The lowest BCUT2D eigenvalue weighted by Gasteiger charge is -2.06. The Bertz CT molecular complexity index is 1020. The Morgan fingerprint density at radius 3 is 2.76 bits per heavy atom. The Labute approximate surface area is 149 Å². The molecule has 3 aromatic heterocycles. The van der Waals surface area contributed by atoms with Crippen LogP contribution in [0, 0.1) is 6.92 Å². The predicted octanol–water partition coefficient (Wildman–Crippen LogP) is 3.70. The topological polar surface area (TPSA) is 59.3 Å². The number of rotatable bonds is 4. The van der Waals surface area contributed by atoms with Gasteiger partial charge in [-0.1, -0.05) is 36.4 Å². The minimum atomic E-state index is -0.187. The van der Waals surface area contributed by atoms with Gasteiger partial charge in [-0.3, -0.25) is 4.79 Å². The molecular formula is C19H16N4OS. The molecule has 25 heavy (non-hydrogen) atoms. The van der Waals surface area contributed by atoms with Crippen LogP contribution in [0.2, 0.25) is 0 Å². The fourth-order valence-corrected chi connectivity index (χ4v) is 3.34. The zero-order valence-electron chi connectivity index (χ0n) is 13.6. The van der Waals surface area contributed by atoms with Gasteiger partial charge in [-0.05, 0) is 30.0 Å². The molecule has 5 nitrogen and oxygen atoms in total. The van der Waals surface area contributed by atoms with Gasteiger partial charge in [0.05, 0.1) is 4.88 Å². The molecule has 124 valence electrons. The summed E-state index contributed by atoms with van der Waals surface area (Å²) in [5, 5.41) is 9.51. The van der Waals surface area contributed by atoms with Gasteiger partial charge < -0.3 is 5.32 Å². The number of carbonyl (C=O) groups excluding carboxylic acids is 1. The van der Waals surface area contributed by atoms with Crippen LogP contribution in [0.4, 0.5) is 0 Å². The molecule has 3 heterocycles. The van der Waals surface area contributed by atoms with E-state index in [-0.39, 0.29) is 5.91 Å². The molecule has 0 radical (unpaired) electrons. The van der Waals surface area contributed by atoms with Crippen LogP contribution in [-0.2, 0) is 6.54 Å². The lowest BCUT2D eigenvalue weighted by molar-refractivity contribution is 0.0946. The second kappa shape index (κ2) is 6.49. The lowest BCUT2D eigenvalue weighted by atomic mass is 10.2. The molecule has 0 aliphatic rings. The zero-order chi connectivity index (χ0) is 17.2. The van der Waals surface area contributed by atoms with E-state index in [1.165, 1.54) is 0 Å². The third kappa shape index (κ3) is 3.16. The molecule has 0 fully saturated rings. The molecule has 4 rings (SSSR count). The van der Waals surface area contributed by atoms with Gasteiger partial charge in [0.15, 0.2) is 5.65 Å². The maximum atomic E-state index is 12.4. The Balaban J connectivity index is 1.60. The first-order chi connectivity index (χ1) is 12.2. The highest BCUT2D eigenvalue weighted by atomic mass is 32.1. The van der Waals surface area contributed by atoms with Crippen molar-refractivity contribution in [3.8, 4) is 10.6 Å². The quantitative estimate of drug-likeness (QED) is 0.612. The van der Waals surface area contributed by atoms with Gasteiger partial charge in [-0.2, -0.15) is 5.10 Å². The van der Waals surface area contributed by atoms with Crippen molar-refractivity contribution in [1.29, 1.82) is 0 Å². The number of hydrogen-bond acceptors (Lipinski definition) is 4. The van der Waals surface area contributed by atoms with Crippen molar-refractivity contribution in [2.75, 3.05) is 0 Å². The van der Waals surface area contributed by atoms with Gasteiger partial charge in [0.25, 0.3) is 5.91 Å². The molecule has 0 unspecified atom stereocenters. The number of carbonyl (C=O) groups is 1. The number of nitrogens with one attached hydrogen (secondary N) is 1. The molecule has 0 aliphatic heterocycles. The van der Waals surface area contributed by atoms with Crippen molar-refractivity contribution in [3.05, 3.63) is 76.9 Å². The molecule has 0 aliphatic carbocycles. The number of amides is 1. The molecular weight excluding hydrogens is 332 g/mol. The third-order valence-electron chi connectivity index (χ3n) is 3.91. The van der Waals surface area contributed by atoms with Crippen LogP contribution in [0.3, 0.4) is 0 Å². The van der Waals surface area contributed by atoms with Crippen LogP contribution in [0.1, 0.15) is 21.7 Å². The summed E-state index contributed by atoms with van der Waals surface area (Å²) < 4.78 is 1.77. The molecule has 0 saturated heterocycles.